The Kier molecular flexibility index (Phi) is 7.28. The fourth-order valence-corrected chi connectivity index (χ4v) is 2.41. The summed E-state index contributed by atoms with van der Waals surface area (Å²) in [4.78, 5) is 12.0. The van der Waals surface area contributed by atoms with E-state index in [-0.39, 0.29) is 5.91 Å². The van der Waals surface area contributed by atoms with Crippen LogP contribution in [0.1, 0.15) is 35.7 Å². The van der Waals surface area contributed by atoms with Crippen LogP contribution in [0.3, 0.4) is 0 Å². The maximum Gasteiger partial charge on any atom is 0.271 e. The van der Waals surface area contributed by atoms with Crippen molar-refractivity contribution in [3.05, 3.63) is 63.1 Å². The first kappa shape index (κ1) is 18.5. The van der Waals surface area contributed by atoms with Gasteiger partial charge in [-0.25, -0.2) is 5.43 Å². The molecule has 0 saturated carbocycles. The van der Waals surface area contributed by atoms with Gasteiger partial charge in [0, 0.05) is 20.6 Å². The second-order valence-corrected chi connectivity index (χ2v) is 6.44. The van der Waals surface area contributed by atoms with Gasteiger partial charge in [0.05, 0.1) is 12.8 Å². The van der Waals surface area contributed by atoms with Crippen LogP contribution in [0.5, 0.6) is 5.75 Å². The molecule has 4 nitrogen and oxygen atoms in total. The summed E-state index contributed by atoms with van der Waals surface area (Å²) in [6.45, 7) is 2.76. The second-order valence-electron chi connectivity index (χ2n) is 5.09. The predicted molar refractivity (Wildman–Crippen MR) is 101 cm³/mol. The highest BCUT2D eigenvalue weighted by Gasteiger charge is 2.05. The van der Waals surface area contributed by atoms with Crippen LogP contribution in [-0.4, -0.2) is 18.7 Å². The zero-order valence-corrected chi connectivity index (χ0v) is 15.6. The number of unbranched alkanes of at least 4 members (excludes halogenated alkanes) is 1. The summed E-state index contributed by atoms with van der Waals surface area (Å²) in [6.07, 6.45) is 3.62. The minimum Gasteiger partial charge on any atom is -0.493 e. The Morgan fingerprint density at radius 3 is 2.75 bits per heavy atom. The van der Waals surface area contributed by atoms with E-state index in [4.69, 9.17) is 16.3 Å². The van der Waals surface area contributed by atoms with Crippen LogP contribution < -0.4 is 10.2 Å². The summed E-state index contributed by atoms with van der Waals surface area (Å²) in [6, 6.07) is 12.3. The Morgan fingerprint density at radius 1 is 1.29 bits per heavy atom. The normalized spacial score (nSPS) is 10.8. The molecule has 0 radical (unpaired) electrons. The molecule has 2 aromatic rings. The average molecular weight is 410 g/mol. The number of nitrogens with zero attached hydrogens (tertiary/aromatic N) is 1. The van der Waals surface area contributed by atoms with Crippen molar-refractivity contribution < 1.29 is 9.53 Å². The van der Waals surface area contributed by atoms with Crippen molar-refractivity contribution in [3.8, 4) is 5.75 Å². The summed E-state index contributed by atoms with van der Waals surface area (Å²) in [7, 11) is 0. The van der Waals surface area contributed by atoms with E-state index in [1.54, 1.807) is 30.5 Å². The van der Waals surface area contributed by atoms with Crippen LogP contribution in [0.4, 0.5) is 0 Å². The molecule has 0 aliphatic rings. The van der Waals surface area contributed by atoms with E-state index in [2.05, 4.69) is 33.4 Å². The minimum absolute atomic E-state index is 0.300. The fourth-order valence-electron chi connectivity index (χ4n) is 1.90. The van der Waals surface area contributed by atoms with Gasteiger partial charge in [-0.05, 0) is 48.9 Å². The van der Waals surface area contributed by atoms with Crippen molar-refractivity contribution in [1.82, 2.24) is 5.43 Å². The van der Waals surface area contributed by atoms with Gasteiger partial charge >= 0.3 is 0 Å². The Balaban J connectivity index is 2.03. The van der Waals surface area contributed by atoms with E-state index in [9.17, 15) is 4.79 Å². The van der Waals surface area contributed by atoms with Crippen LogP contribution in [0.25, 0.3) is 0 Å². The van der Waals surface area contributed by atoms with Gasteiger partial charge in [0.25, 0.3) is 5.91 Å². The number of hydrogen-bond donors (Lipinski definition) is 1. The van der Waals surface area contributed by atoms with Gasteiger partial charge in [-0.15, -0.1) is 0 Å². The molecular formula is C18H18BrClN2O2. The van der Waals surface area contributed by atoms with E-state index in [1.165, 1.54) is 0 Å². The Bertz CT molecular complexity index is 717. The van der Waals surface area contributed by atoms with Gasteiger partial charge in [-0.1, -0.05) is 40.9 Å². The number of carbonyl (C=O) groups is 1. The molecule has 0 heterocycles. The number of hydrazone groups is 1. The fraction of sp³-hybridized carbons (Fsp3) is 0.222. The molecule has 0 unspecified atom stereocenters. The lowest BCUT2D eigenvalue weighted by molar-refractivity contribution is 0.0955. The number of amides is 1. The predicted octanol–water partition coefficient (Wildman–Crippen LogP) is 5.05. The monoisotopic (exact) mass is 408 g/mol. The Hall–Kier alpha value is -1.85. The summed E-state index contributed by atoms with van der Waals surface area (Å²) < 4.78 is 6.66. The topological polar surface area (TPSA) is 50.7 Å². The molecule has 24 heavy (non-hydrogen) atoms. The van der Waals surface area contributed by atoms with Gasteiger partial charge in [-0.2, -0.15) is 5.10 Å². The molecule has 0 aliphatic carbocycles. The number of carbonyl (C=O) groups excluding carboxylic acids is 1. The second kappa shape index (κ2) is 9.45. The van der Waals surface area contributed by atoms with Gasteiger partial charge < -0.3 is 4.74 Å². The molecule has 0 aliphatic heterocycles. The smallest absolute Gasteiger partial charge is 0.271 e. The molecule has 1 N–H and O–H groups in total. The molecule has 2 rings (SSSR count). The number of halogens is 2. The van der Waals surface area contributed by atoms with E-state index in [0.29, 0.717) is 17.2 Å². The standard InChI is InChI=1S/C18H18BrClN2O2/c1-2-3-10-24-17-9-6-15(19)11-14(17)12-21-22-18(23)13-4-7-16(20)8-5-13/h4-9,11-12H,2-3,10H2,1H3,(H,22,23)/b21-12+. The Labute approximate surface area is 155 Å². The third-order valence-electron chi connectivity index (χ3n) is 3.20. The van der Waals surface area contributed by atoms with E-state index in [1.807, 2.05) is 18.2 Å². The maximum atomic E-state index is 12.0. The van der Waals surface area contributed by atoms with Crippen molar-refractivity contribution in [2.75, 3.05) is 6.61 Å². The molecule has 0 fully saturated rings. The molecule has 126 valence electrons. The summed E-state index contributed by atoms with van der Waals surface area (Å²) in [5.74, 6) is 0.433. The molecule has 2 aromatic carbocycles. The lowest BCUT2D eigenvalue weighted by Crippen LogP contribution is -2.17. The zero-order valence-electron chi connectivity index (χ0n) is 13.3. The first-order chi connectivity index (χ1) is 11.6. The van der Waals surface area contributed by atoms with E-state index in [0.717, 1.165) is 28.6 Å². The zero-order chi connectivity index (χ0) is 17.4. The Morgan fingerprint density at radius 2 is 2.04 bits per heavy atom. The molecule has 0 aromatic heterocycles. The van der Waals surface area contributed by atoms with Crippen molar-refractivity contribution in [2.24, 2.45) is 5.10 Å². The van der Waals surface area contributed by atoms with Crippen LogP contribution >= 0.6 is 27.5 Å². The van der Waals surface area contributed by atoms with E-state index >= 15 is 0 Å². The number of nitrogens with one attached hydrogen (secondary N) is 1. The average Bonchev–Trinajstić information content (AvgIpc) is 2.57. The van der Waals surface area contributed by atoms with Crippen molar-refractivity contribution in [2.45, 2.75) is 19.8 Å². The van der Waals surface area contributed by atoms with Crippen molar-refractivity contribution >= 4 is 39.7 Å². The van der Waals surface area contributed by atoms with Crippen molar-refractivity contribution in [1.29, 1.82) is 0 Å². The number of benzene rings is 2. The van der Waals surface area contributed by atoms with Gasteiger partial charge in [0.2, 0.25) is 0 Å². The van der Waals surface area contributed by atoms with E-state index < -0.39 is 0 Å². The first-order valence-corrected chi connectivity index (χ1v) is 8.78. The molecular weight excluding hydrogens is 392 g/mol. The van der Waals surface area contributed by atoms with Gasteiger partial charge in [0.15, 0.2) is 0 Å². The van der Waals surface area contributed by atoms with Crippen molar-refractivity contribution in [3.63, 3.8) is 0 Å². The summed E-state index contributed by atoms with van der Waals surface area (Å²) in [5, 5.41) is 4.59. The summed E-state index contributed by atoms with van der Waals surface area (Å²) >= 11 is 9.23. The maximum absolute atomic E-state index is 12.0. The molecule has 6 heteroatoms. The number of ether oxygens (including phenoxy) is 1. The van der Waals surface area contributed by atoms with Gasteiger partial charge in [-0.3, -0.25) is 4.79 Å². The lowest BCUT2D eigenvalue weighted by atomic mass is 10.2. The van der Waals surface area contributed by atoms with Crippen LogP contribution in [-0.2, 0) is 0 Å². The lowest BCUT2D eigenvalue weighted by Gasteiger charge is -2.09. The summed E-state index contributed by atoms with van der Waals surface area (Å²) in [5.41, 5.74) is 3.78. The number of rotatable bonds is 7. The molecule has 1 amide bonds. The SMILES string of the molecule is CCCCOc1ccc(Br)cc1/C=N/NC(=O)c1ccc(Cl)cc1. The highest BCUT2D eigenvalue weighted by Crippen LogP contribution is 2.22. The van der Waals surface area contributed by atoms with Gasteiger partial charge in [0.1, 0.15) is 5.75 Å². The number of hydrogen-bond acceptors (Lipinski definition) is 3. The molecule has 0 atom stereocenters. The van der Waals surface area contributed by atoms with Crippen LogP contribution in [0.15, 0.2) is 52.0 Å². The highest BCUT2D eigenvalue weighted by molar-refractivity contribution is 9.10. The minimum atomic E-state index is -0.300. The third kappa shape index (κ3) is 5.65. The molecule has 0 saturated heterocycles. The highest BCUT2D eigenvalue weighted by atomic mass is 79.9. The first-order valence-electron chi connectivity index (χ1n) is 7.61. The third-order valence-corrected chi connectivity index (χ3v) is 3.95. The molecule has 0 spiro atoms. The van der Waals surface area contributed by atoms with Crippen LogP contribution in [0, 0.1) is 0 Å². The molecule has 0 bridgehead atoms. The quantitative estimate of drug-likeness (QED) is 0.395. The largest absolute Gasteiger partial charge is 0.493 e. The van der Waals surface area contributed by atoms with Crippen LogP contribution in [0.2, 0.25) is 5.02 Å².